The largest absolute Gasteiger partial charge is 0.438 e. The summed E-state index contributed by atoms with van der Waals surface area (Å²) in [5.41, 5.74) is 1.90. The number of ether oxygens (including phenoxy) is 1. The number of rotatable bonds is 7. The fraction of sp³-hybridized carbons (Fsp3) is 0.100. The Balaban J connectivity index is 1.43. The monoisotopic (exact) mass is 545 g/mol. The summed E-state index contributed by atoms with van der Waals surface area (Å²) in [5, 5.41) is 5.40. The van der Waals surface area contributed by atoms with Gasteiger partial charge in [-0.3, -0.25) is 14.5 Å². The molecule has 0 bridgehead atoms. The molecule has 2 unspecified atom stereocenters. The van der Waals surface area contributed by atoms with Gasteiger partial charge in [0.1, 0.15) is 17.5 Å². The lowest BCUT2D eigenvalue weighted by atomic mass is 10.00. The van der Waals surface area contributed by atoms with E-state index in [-0.39, 0.29) is 12.1 Å². The highest BCUT2D eigenvalue weighted by Gasteiger charge is 2.47. The summed E-state index contributed by atoms with van der Waals surface area (Å²) < 4.78 is 45.7. The highest BCUT2D eigenvalue weighted by Crippen LogP contribution is 2.35. The van der Waals surface area contributed by atoms with Crippen molar-refractivity contribution in [3.63, 3.8) is 0 Å². The number of halogens is 3. The third kappa shape index (κ3) is 5.96. The molecule has 0 aliphatic carbocycles. The van der Waals surface area contributed by atoms with Crippen LogP contribution in [0.2, 0.25) is 0 Å². The van der Waals surface area contributed by atoms with Gasteiger partial charge in [-0.05, 0) is 83.9 Å². The number of carbonyl (C=O) groups excluding carboxylic acids is 3. The molecule has 10 heteroatoms. The number of anilines is 2. The summed E-state index contributed by atoms with van der Waals surface area (Å²) in [6.07, 6.45) is -1.84. The third-order valence-corrected chi connectivity index (χ3v) is 6.31. The Morgan fingerprint density at radius 3 is 2.00 bits per heavy atom. The first-order chi connectivity index (χ1) is 19.3. The Morgan fingerprint density at radius 2 is 1.35 bits per heavy atom. The first-order valence-corrected chi connectivity index (χ1v) is 12.2. The Labute approximate surface area is 227 Å². The molecule has 1 aliphatic heterocycles. The van der Waals surface area contributed by atoms with Gasteiger partial charge in [-0.1, -0.05) is 24.3 Å². The molecule has 1 saturated heterocycles. The SMILES string of the molecule is O=C(Nc1cccc(C2OC(=O)N(Cc3ccc(F)cc3)C2C(=O)Nc2ccc(F)cc2)c1)c1ccc(F)cc1. The molecule has 7 nitrogen and oxygen atoms in total. The van der Waals surface area contributed by atoms with Gasteiger partial charge >= 0.3 is 6.09 Å². The van der Waals surface area contributed by atoms with Crippen LogP contribution in [0.25, 0.3) is 0 Å². The fourth-order valence-corrected chi connectivity index (χ4v) is 4.34. The van der Waals surface area contributed by atoms with Crippen molar-refractivity contribution in [2.24, 2.45) is 0 Å². The molecule has 2 N–H and O–H groups in total. The van der Waals surface area contributed by atoms with E-state index in [1.807, 2.05) is 0 Å². The molecule has 1 aliphatic rings. The molecule has 4 aromatic carbocycles. The van der Waals surface area contributed by atoms with Crippen molar-refractivity contribution in [3.05, 3.63) is 131 Å². The third-order valence-electron chi connectivity index (χ3n) is 6.31. The van der Waals surface area contributed by atoms with E-state index >= 15 is 0 Å². The smallest absolute Gasteiger partial charge is 0.411 e. The molecule has 0 radical (unpaired) electrons. The van der Waals surface area contributed by atoms with Crippen molar-refractivity contribution >= 4 is 29.3 Å². The molecule has 0 aromatic heterocycles. The number of hydrogen-bond acceptors (Lipinski definition) is 4. The highest BCUT2D eigenvalue weighted by atomic mass is 19.1. The first kappa shape index (κ1) is 26.5. The number of amides is 3. The van der Waals surface area contributed by atoms with Crippen LogP contribution < -0.4 is 10.6 Å². The molecular weight excluding hydrogens is 523 g/mol. The number of hydrogen-bond donors (Lipinski definition) is 2. The maximum atomic E-state index is 13.5. The van der Waals surface area contributed by atoms with Gasteiger partial charge in [0.25, 0.3) is 11.8 Å². The predicted molar refractivity (Wildman–Crippen MR) is 141 cm³/mol. The van der Waals surface area contributed by atoms with Crippen molar-refractivity contribution in [2.75, 3.05) is 10.6 Å². The summed E-state index contributed by atoms with van der Waals surface area (Å²) >= 11 is 0. The Bertz CT molecular complexity index is 1540. The number of carbonyl (C=O) groups is 3. The molecule has 4 aromatic rings. The van der Waals surface area contributed by atoms with Crippen LogP contribution in [0.3, 0.4) is 0 Å². The molecule has 202 valence electrons. The van der Waals surface area contributed by atoms with Gasteiger partial charge in [0, 0.05) is 16.9 Å². The summed E-state index contributed by atoms with van der Waals surface area (Å²) in [6.45, 7) is -0.0435. The minimum Gasteiger partial charge on any atom is -0.438 e. The summed E-state index contributed by atoms with van der Waals surface area (Å²) in [7, 11) is 0. The van der Waals surface area contributed by atoms with Gasteiger partial charge in [0.15, 0.2) is 12.1 Å². The molecule has 1 fully saturated rings. The second-order valence-electron chi connectivity index (χ2n) is 9.09. The second kappa shape index (κ2) is 11.3. The number of nitrogens with zero attached hydrogens (tertiary/aromatic N) is 1. The van der Waals surface area contributed by atoms with Crippen LogP contribution in [0, 0.1) is 17.5 Å². The van der Waals surface area contributed by atoms with Crippen LogP contribution in [-0.4, -0.2) is 28.8 Å². The van der Waals surface area contributed by atoms with E-state index in [0.717, 1.165) is 0 Å². The van der Waals surface area contributed by atoms with Gasteiger partial charge in [-0.2, -0.15) is 0 Å². The predicted octanol–water partition coefficient (Wildman–Crippen LogP) is 6.06. The van der Waals surface area contributed by atoms with E-state index in [9.17, 15) is 27.6 Å². The summed E-state index contributed by atoms with van der Waals surface area (Å²) in [6, 6.07) is 20.9. The van der Waals surface area contributed by atoms with Crippen LogP contribution in [-0.2, 0) is 16.1 Å². The minimum absolute atomic E-state index is 0.0435. The Morgan fingerprint density at radius 1 is 0.750 bits per heavy atom. The van der Waals surface area contributed by atoms with E-state index in [1.165, 1.54) is 77.7 Å². The quantitative estimate of drug-likeness (QED) is 0.296. The fourth-order valence-electron chi connectivity index (χ4n) is 4.34. The topological polar surface area (TPSA) is 87.7 Å². The maximum Gasteiger partial charge on any atom is 0.411 e. The highest BCUT2D eigenvalue weighted by molar-refractivity contribution is 6.04. The van der Waals surface area contributed by atoms with E-state index in [1.54, 1.807) is 24.3 Å². The average molecular weight is 546 g/mol. The zero-order valence-electron chi connectivity index (χ0n) is 20.8. The lowest BCUT2D eigenvalue weighted by molar-refractivity contribution is -0.121. The number of cyclic esters (lactones) is 1. The lowest BCUT2D eigenvalue weighted by Crippen LogP contribution is -2.43. The van der Waals surface area contributed by atoms with Gasteiger partial charge in [0.05, 0.1) is 6.54 Å². The summed E-state index contributed by atoms with van der Waals surface area (Å²) in [4.78, 5) is 40.4. The van der Waals surface area contributed by atoms with E-state index in [2.05, 4.69) is 10.6 Å². The van der Waals surface area contributed by atoms with Crippen molar-refractivity contribution in [1.82, 2.24) is 4.90 Å². The lowest BCUT2D eigenvalue weighted by Gasteiger charge is -2.24. The zero-order chi connectivity index (χ0) is 28.2. The van der Waals surface area contributed by atoms with Crippen molar-refractivity contribution in [1.29, 1.82) is 0 Å². The van der Waals surface area contributed by atoms with Crippen LogP contribution in [0.4, 0.5) is 29.3 Å². The molecule has 1 heterocycles. The van der Waals surface area contributed by atoms with Crippen LogP contribution >= 0.6 is 0 Å². The summed E-state index contributed by atoms with van der Waals surface area (Å²) in [5.74, 6) is -2.48. The van der Waals surface area contributed by atoms with Crippen molar-refractivity contribution < 1.29 is 32.3 Å². The van der Waals surface area contributed by atoms with Crippen molar-refractivity contribution in [2.45, 2.75) is 18.7 Å². The molecule has 40 heavy (non-hydrogen) atoms. The van der Waals surface area contributed by atoms with Crippen LogP contribution in [0.1, 0.15) is 27.6 Å². The molecule has 0 spiro atoms. The average Bonchev–Trinajstić information content (AvgIpc) is 3.27. The standard InChI is InChI=1S/C30H22F3N3O4/c31-21-8-4-18(5-9-21)17-36-26(29(38)34-24-14-12-23(33)13-15-24)27(40-30(36)39)20-2-1-3-25(16-20)35-28(37)19-6-10-22(32)11-7-19/h1-16,26-27H,17H2,(H,34,38)(H,35,37). The number of nitrogens with one attached hydrogen (secondary N) is 2. The van der Waals surface area contributed by atoms with Crippen molar-refractivity contribution in [3.8, 4) is 0 Å². The Kier molecular flexibility index (Phi) is 7.50. The normalized spacial score (nSPS) is 16.4. The van der Waals surface area contributed by atoms with Crippen LogP contribution in [0.5, 0.6) is 0 Å². The molecular formula is C30H22F3N3O4. The minimum atomic E-state index is -1.16. The molecule has 2 atom stereocenters. The van der Waals surface area contributed by atoms with E-state index in [4.69, 9.17) is 4.74 Å². The van der Waals surface area contributed by atoms with Gasteiger partial charge in [-0.15, -0.1) is 0 Å². The maximum absolute atomic E-state index is 13.5. The van der Waals surface area contributed by atoms with Gasteiger partial charge < -0.3 is 15.4 Å². The Hall–Kier alpha value is -5.12. The van der Waals surface area contributed by atoms with E-state index in [0.29, 0.717) is 22.5 Å². The van der Waals surface area contributed by atoms with Gasteiger partial charge in [-0.25, -0.2) is 18.0 Å². The molecule has 3 amide bonds. The molecule has 0 saturated carbocycles. The molecule has 5 rings (SSSR count). The number of benzene rings is 4. The van der Waals surface area contributed by atoms with E-state index < -0.39 is 47.5 Å². The van der Waals surface area contributed by atoms with Gasteiger partial charge in [0.2, 0.25) is 0 Å². The second-order valence-corrected chi connectivity index (χ2v) is 9.09. The first-order valence-electron chi connectivity index (χ1n) is 12.2. The van der Waals surface area contributed by atoms with Crippen LogP contribution in [0.15, 0.2) is 97.1 Å². The zero-order valence-corrected chi connectivity index (χ0v) is 20.8.